The number of hydrogen-bond acceptors (Lipinski definition) is 3. The molecule has 0 unspecified atom stereocenters. The summed E-state index contributed by atoms with van der Waals surface area (Å²) in [4.78, 5) is 29.9. The van der Waals surface area contributed by atoms with E-state index in [9.17, 15) is 4.79 Å². The molecule has 10 aromatic carbocycles. The average Bonchev–Trinajstić information content (AvgIpc) is 4.04. The fourth-order valence-corrected chi connectivity index (χ4v) is 11.9. The van der Waals surface area contributed by atoms with Crippen LogP contribution >= 0.6 is 0 Å². The lowest BCUT2D eigenvalue weighted by atomic mass is 9.75. The molecule has 14 rings (SSSR count). The highest BCUT2D eigenvalue weighted by Crippen LogP contribution is 2.51. The van der Waals surface area contributed by atoms with Crippen LogP contribution in [0.25, 0.3) is 44.6 Å². The predicted octanol–water partition coefficient (Wildman–Crippen LogP) is 17.1. The van der Waals surface area contributed by atoms with Crippen molar-refractivity contribution in [3.8, 4) is 35.2 Å². The Bertz CT molecular complexity index is 4440. The van der Waals surface area contributed by atoms with Gasteiger partial charge in [-0.1, -0.05) is 206 Å². The molecule has 0 atom stereocenters. The van der Waals surface area contributed by atoms with Gasteiger partial charge in [-0.3, -0.25) is 9.59 Å². The summed E-state index contributed by atoms with van der Waals surface area (Å²) in [5.74, 6) is 14.9. The van der Waals surface area contributed by atoms with Crippen LogP contribution in [0.3, 0.4) is 0 Å². The second-order valence-corrected chi connectivity index (χ2v) is 21.3. The molecular weight excluding hydrogens is 997 g/mol. The van der Waals surface area contributed by atoms with Gasteiger partial charge in [-0.15, -0.1) is 0 Å². The molecule has 4 aliphatic carbocycles. The summed E-state index contributed by atoms with van der Waals surface area (Å²) in [7, 11) is 0. The van der Waals surface area contributed by atoms with E-state index in [4.69, 9.17) is 4.74 Å². The number of fused-ring (bicyclic) bond motifs is 2. The number of aryl methyl sites for hydroxylation is 4. The van der Waals surface area contributed by atoms with Crippen molar-refractivity contribution < 1.29 is 14.3 Å². The molecule has 0 aromatic heterocycles. The smallest absolute Gasteiger partial charge is 0.195 e. The van der Waals surface area contributed by atoms with Gasteiger partial charge in [0.05, 0.1) is 0 Å². The van der Waals surface area contributed by atoms with Gasteiger partial charge in [0.15, 0.2) is 11.6 Å². The molecule has 0 aliphatic heterocycles. The lowest BCUT2D eigenvalue weighted by molar-refractivity contribution is -0.113. The Morgan fingerprint density at radius 3 is 0.976 bits per heavy atom. The van der Waals surface area contributed by atoms with Gasteiger partial charge < -0.3 is 4.74 Å². The van der Waals surface area contributed by atoms with E-state index in [0.717, 1.165) is 120 Å². The molecule has 386 valence electrons. The van der Waals surface area contributed by atoms with E-state index in [0.29, 0.717) is 28.2 Å². The van der Waals surface area contributed by atoms with Crippen molar-refractivity contribution in [2.75, 3.05) is 0 Å². The first-order valence-corrected chi connectivity index (χ1v) is 28.1. The summed E-state index contributed by atoms with van der Waals surface area (Å²) in [5, 5.41) is 0. The van der Waals surface area contributed by atoms with Crippen LogP contribution in [-0.4, -0.2) is 11.6 Å². The molecule has 0 spiro atoms. The highest BCUT2D eigenvalue weighted by molar-refractivity contribution is 6.59. The molecule has 3 heteroatoms. The molecule has 0 fully saturated rings. The molecule has 0 saturated carbocycles. The summed E-state index contributed by atoms with van der Waals surface area (Å²) in [5.41, 5.74) is 23.4. The minimum absolute atomic E-state index is 0.0245. The first-order valence-electron chi connectivity index (χ1n) is 28.1. The SMILES string of the molecule is O=C1CC(c2ccccc2)=C(c2ccc(C#Cc3ccc4c(c3)CC4)cc2)C(c2ccc(Oc3ccc(C4=C(c5ccccc5)C(=O)C(c5ccccc5)=C4c4ccc(C#Cc5ccc6c(c5)CC6)cc4)cc3)cc2)=C1c1ccccc1. The first-order chi connectivity index (χ1) is 40.5. The number of ether oxygens (including phenoxy) is 1. The van der Waals surface area contributed by atoms with Crippen LogP contribution in [0.4, 0.5) is 0 Å². The Morgan fingerprint density at radius 2 is 0.585 bits per heavy atom. The quantitative estimate of drug-likeness (QED) is 0.128. The Balaban J connectivity index is 0.809. The molecule has 10 aromatic rings. The Labute approximate surface area is 479 Å². The number of carbonyl (C=O) groups is 2. The van der Waals surface area contributed by atoms with Crippen molar-refractivity contribution in [1.82, 2.24) is 0 Å². The number of Topliss-reactive ketones (excluding diaryl/α,β-unsaturated/α-hetero) is 2. The molecule has 0 N–H and O–H groups in total. The normalized spacial score (nSPS) is 14.2. The van der Waals surface area contributed by atoms with Crippen LogP contribution in [0.5, 0.6) is 11.5 Å². The maximum absolute atomic E-state index is 15.1. The zero-order valence-corrected chi connectivity index (χ0v) is 45.0. The number of rotatable bonds is 10. The largest absolute Gasteiger partial charge is 0.457 e. The summed E-state index contributed by atoms with van der Waals surface area (Å²) >= 11 is 0. The summed E-state index contributed by atoms with van der Waals surface area (Å²) in [6, 6.07) is 86.1. The highest BCUT2D eigenvalue weighted by Gasteiger charge is 2.36. The average molecular weight is 1050 g/mol. The standard InChI is InChI=1S/C79H52O3/c80-71-51-70(58-13-5-1-6-14-58)72(62-33-25-52(26-34-62)21-23-54-29-31-56-37-39-66(56)49-54)74(73(71)59-15-7-2-8-16-59)64-41-45-68(46-42-64)82-69-47-43-65(44-48-69)76-75(63-35-27-53(28-36-63)22-24-55-30-32-57-38-40-67(57)50-55)77(60-17-9-3-10-18-60)79(81)78(76)61-19-11-4-12-20-61/h1-20,25-36,41-50H,37-40,51H2. The van der Waals surface area contributed by atoms with E-state index < -0.39 is 0 Å². The van der Waals surface area contributed by atoms with Gasteiger partial charge in [-0.05, 0) is 176 Å². The Morgan fingerprint density at radius 1 is 0.268 bits per heavy atom. The van der Waals surface area contributed by atoms with Crippen molar-refractivity contribution in [3.05, 3.63) is 344 Å². The fourth-order valence-electron chi connectivity index (χ4n) is 11.9. The minimum Gasteiger partial charge on any atom is -0.457 e. The predicted molar refractivity (Wildman–Crippen MR) is 333 cm³/mol. The Hall–Kier alpha value is -10.6. The van der Waals surface area contributed by atoms with Crippen LogP contribution in [0.15, 0.2) is 255 Å². The third kappa shape index (κ3) is 9.66. The van der Waals surface area contributed by atoms with E-state index >= 15 is 4.79 Å². The topological polar surface area (TPSA) is 43.4 Å². The first kappa shape index (κ1) is 49.7. The third-order valence-corrected chi connectivity index (χ3v) is 16.2. The van der Waals surface area contributed by atoms with Gasteiger partial charge in [0.1, 0.15) is 11.5 Å². The zero-order chi connectivity index (χ0) is 54.9. The van der Waals surface area contributed by atoms with Crippen molar-refractivity contribution in [2.45, 2.75) is 32.1 Å². The minimum atomic E-state index is -0.0245. The lowest BCUT2D eigenvalue weighted by Gasteiger charge is -2.27. The van der Waals surface area contributed by atoms with Crippen LogP contribution in [0.1, 0.15) is 95.4 Å². The number of hydrogen-bond donors (Lipinski definition) is 0. The molecule has 82 heavy (non-hydrogen) atoms. The molecule has 0 amide bonds. The monoisotopic (exact) mass is 1050 g/mol. The highest BCUT2D eigenvalue weighted by atomic mass is 16.5. The van der Waals surface area contributed by atoms with Gasteiger partial charge in [0, 0.05) is 62.1 Å². The second kappa shape index (κ2) is 21.6. The van der Waals surface area contributed by atoms with Crippen LogP contribution in [-0.2, 0) is 35.3 Å². The van der Waals surface area contributed by atoms with Gasteiger partial charge >= 0.3 is 0 Å². The molecule has 0 saturated heterocycles. The zero-order valence-electron chi connectivity index (χ0n) is 45.0. The van der Waals surface area contributed by atoms with E-state index in [1.807, 2.05) is 146 Å². The van der Waals surface area contributed by atoms with E-state index in [1.165, 1.54) is 22.3 Å². The summed E-state index contributed by atoms with van der Waals surface area (Å²) < 4.78 is 6.66. The molecular formula is C79H52O3. The molecule has 0 radical (unpaired) electrons. The van der Waals surface area contributed by atoms with Crippen LogP contribution in [0, 0.1) is 23.7 Å². The number of allylic oxidation sites excluding steroid dienone is 8. The van der Waals surface area contributed by atoms with Crippen LogP contribution in [0.2, 0.25) is 0 Å². The van der Waals surface area contributed by atoms with Crippen LogP contribution < -0.4 is 4.74 Å². The summed E-state index contributed by atoms with van der Waals surface area (Å²) in [6.45, 7) is 0. The number of carbonyl (C=O) groups excluding carboxylic acids is 2. The van der Waals surface area contributed by atoms with E-state index in [2.05, 4.69) is 133 Å². The number of ketones is 2. The maximum atomic E-state index is 15.1. The van der Waals surface area contributed by atoms with E-state index in [-0.39, 0.29) is 18.0 Å². The van der Waals surface area contributed by atoms with Gasteiger partial charge in [0.25, 0.3) is 0 Å². The van der Waals surface area contributed by atoms with Crippen molar-refractivity contribution >= 4 is 56.2 Å². The van der Waals surface area contributed by atoms with Gasteiger partial charge in [-0.2, -0.15) is 0 Å². The third-order valence-electron chi connectivity index (χ3n) is 16.2. The molecule has 4 aliphatic rings. The van der Waals surface area contributed by atoms with Gasteiger partial charge in [0.2, 0.25) is 0 Å². The van der Waals surface area contributed by atoms with E-state index in [1.54, 1.807) is 0 Å². The molecule has 0 bridgehead atoms. The van der Waals surface area contributed by atoms with Crippen molar-refractivity contribution in [1.29, 1.82) is 0 Å². The second-order valence-electron chi connectivity index (χ2n) is 21.3. The van der Waals surface area contributed by atoms with Crippen molar-refractivity contribution in [2.24, 2.45) is 0 Å². The maximum Gasteiger partial charge on any atom is 0.195 e. The number of benzene rings is 10. The fraction of sp³-hybridized carbons (Fsp3) is 0.0633. The Kier molecular flexibility index (Phi) is 13.1. The van der Waals surface area contributed by atoms with Gasteiger partial charge in [-0.25, -0.2) is 0 Å². The lowest BCUT2D eigenvalue weighted by Crippen LogP contribution is -2.14. The molecule has 0 heterocycles. The molecule has 3 nitrogen and oxygen atoms in total. The summed E-state index contributed by atoms with van der Waals surface area (Å²) in [6.07, 6.45) is 4.78. The van der Waals surface area contributed by atoms with Crippen molar-refractivity contribution in [3.63, 3.8) is 0 Å².